The van der Waals surface area contributed by atoms with Crippen LogP contribution in [0.3, 0.4) is 0 Å². The van der Waals surface area contributed by atoms with Gasteiger partial charge in [-0.1, -0.05) is 31.5 Å². The van der Waals surface area contributed by atoms with Gasteiger partial charge in [-0.2, -0.15) is 0 Å². The Kier molecular flexibility index (Phi) is 6.56. The minimum atomic E-state index is -0.365. The Morgan fingerprint density at radius 2 is 1.76 bits per heavy atom. The summed E-state index contributed by atoms with van der Waals surface area (Å²) < 4.78 is 5.13. The predicted molar refractivity (Wildman–Crippen MR) is 94.9 cm³/mol. The highest BCUT2D eigenvalue weighted by molar-refractivity contribution is 5.92. The fourth-order valence-corrected chi connectivity index (χ4v) is 2.79. The van der Waals surface area contributed by atoms with Crippen molar-refractivity contribution in [3.63, 3.8) is 0 Å². The Morgan fingerprint density at radius 1 is 1.16 bits per heavy atom. The van der Waals surface area contributed by atoms with E-state index >= 15 is 0 Å². The molecule has 0 spiro atoms. The minimum absolute atomic E-state index is 0.0334. The van der Waals surface area contributed by atoms with Crippen molar-refractivity contribution in [3.05, 3.63) is 29.8 Å². The molecule has 1 fully saturated rings. The molecule has 0 saturated carbocycles. The molecule has 0 atom stereocenters. The number of piperidine rings is 1. The van der Waals surface area contributed by atoms with Crippen molar-refractivity contribution in [2.24, 2.45) is 11.8 Å². The standard InChI is InChI=1S/C19H26N2O4/c1-13(2)18(23)21-10-8-15(9-11-21)19(24)25-12-17(22)20-16-6-4-14(3)5-7-16/h4-7,13,15H,8-12H2,1-3H3,(H,20,22). The zero-order valence-corrected chi connectivity index (χ0v) is 15.1. The summed E-state index contributed by atoms with van der Waals surface area (Å²) in [6, 6.07) is 7.40. The predicted octanol–water partition coefficient (Wildman–Crippen LogP) is 2.37. The Labute approximate surface area is 148 Å². The summed E-state index contributed by atoms with van der Waals surface area (Å²) in [4.78, 5) is 37.7. The maximum Gasteiger partial charge on any atom is 0.309 e. The third kappa shape index (κ3) is 5.59. The van der Waals surface area contributed by atoms with E-state index in [2.05, 4.69) is 5.32 Å². The molecule has 25 heavy (non-hydrogen) atoms. The molecule has 1 N–H and O–H groups in total. The SMILES string of the molecule is Cc1ccc(NC(=O)COC(=O)C2CCN(C(=O)C(C)C)CC2)cc1. The molecule has 6 heteroatoms. The van der Waals surface area contributed by atoms with Crippen molar-refractivity contribution in [1.29, 1.82) is 0 Å². The van der Waals surface area contributed by atoms with E-state index in [1.54, 1.807) is 17.0 Å². The van der Waals surface area contributed by atoms with E-state index in [-0.39, 0.29) is 36.2 Å². The second kappa shape index (κ2) is 8.65. The molecule has 0 aliphatic carbocycles. The van der Waals surface area contributed by atoms with Gasteiger partial charge >= 0.3 is 5.97 Å². The van der Waals surface area contributed by atoms with Crippen molar-refractivity contribution in [1.82, 2.24) is 4.90 Å². The normalized spacial score (nSPS) is 15.1. The summed E-state index contributed by atoms with van der Waals surface area (Å²) in [5.41, 5.74) is 1.78. The highest BCUT2D eigenvalue weighted by Gasteiger charge is 2.29. The van der Waals surface area contributed by atoms with Crippen LogP contribution in [0.2, 0.25) is 0 Å². The highest BCUT2D eigenvalue weighted by Crippen LogP contribution is 2.20. The zero-order valence-electron chi connectivity index (χ0n) is 15.1. The van der Waals surface area contributed by atoms with Gasteiger partial charge in [0.25, 0.3) is 5.91 Å². The monoisotopic (exact) mass is 346 g/mol. The Morgan fingerprint density at radius 3 is 2.32 bits per heavy atom. The number of ether oxygens (including phenoxy) is 1. The Hall–Kier alpha value is -2.37. The lowest BCUT2D eigenvalue weighted by molar-refractivity contribution is -0.154. The maximum atomic E-state index is 12.1. The Balaban J connectivity index is 1.72. The van der Waals surface area contributed by atoms with Crippen molar-refractivity contribution in [2.75, 3.05) is 25.0 Å². The number of nitrogens with one attached hydrogen (secondary N) is 1. The Bertz CT molecular complexity index is 617. The van der Waals surface area contributed by atoms with Gasteiger partial charge in [0.1, 0.15) is 0 Å². The molecular formula is C19H26N2O4. The molecular weight excluding hydrogens is 320 g/mol. The summed E-state index contributed by atoms with van der Waals surface area (Å²) in [7, 11) is 0. The fourth-order valence-electron chi connectivity index (χ4n) is 2.79. The molecule has 136 valence electrons. The lowest BCUT2D eigenvalue weighted by atomic mass is 9.96. The number of likely N-dealkylation sites (tertiary alicyclic amines) is 1. The van der Waals surface area contributed by atoms with Gasteiger partial charge in [-0.3, -0.25) is 14.4 Å². The molecule has 0 radical (unpaired) electrons. The van der Waals surface area contributed by atoms with E-state index in [0.717, 1.165) is 5.56 Å². The number of hydrogen-bond acceptors (Lipinski definition) is 4. The highest BCUT2D eigenvalue weighted by atomic mass is 16.5. The topological polar surface area (TPSA) is 75.7 Å². The molecule has 1 aromatic carbocycles. The summed E-state index contributed by atoms with van der Waals surface area (Å²) in [5.74, 6) is -0.887. The first-order valence-corrected chi connectivity index (χ1v) is 8.68. The smallest absolute Gasteiger partial charge is 0.309 e. The van der Waals surface area contributed by atoms with Crippen LogP contribution in [-0.2, 0) is 19.1 Å². The van der Waals surface area contributed by atoms with Crippen LogP contribution in [0.5, 0.6) is 0 Å². The van der Waals surface area contributed by atoms with Crippen molar-refractivity contribution in [3.8, 4) is 0 Å². The minimum Gasteiger partial charge on any atom is -0.455 e. The fraction of sp³-hybridized carbons (Fsp3) is 0.526. The van der Waals surface area contributed by atoms with Crippen LogP contribution in [0.4, 0.5) is 5.69 Å². The number of carbonyl (C=O) groups excluding carboxylic acids is 3. The molecule has 6 nitrogen and oxygen atoms in total. The summed E-state index contributed by atoms with van der Waals surface area (Å²) in [5, 5.41) is 2.69. The van der Waals surface area contributed by atoms with Crippen LogP contribution >= 0.6 is 0 Å². The number of benzene rings is 1. The molecule has 1 saturated heterocycles. The molecule has 0 aromatic heterocycles. The number of carbonyl (C=O) groups is 3. The van der Waals surface area contributed by atoms with Gasteiger partial charge in [0.15, 0.2) is 6.61 Å². The van der Waals surface area contributed by atoms with Gasteiger partial charge in [-0.15, -0.1) is 0 Å². The van der Waals surface area contributed by atoms with E-state index < -0.39 is 0 Å². The average Bonchev–Trinajstić information content (AvgIpc) is 2.61. The maximum absolute atomic E-state index is 12.1. The van der Waals surface area contributed by atoms with E-state index in [4.69, 9.17) is 4.74 Å². The number of amides is 2. The molecule has 1 aliphatic rings. The van der Waals surface area contributed by atoms with Crippen LogP contribution in [0.15, 0.2) is 24.3 Å². The second-order valence-electron chi connectivity index (χ2n) is 6.78. The molecule has 2 amide bonds. The quantitative estimate of drug-likeness (QED) is 0.831. The number of nitrogens with zero attached hydrogens (tertiary/aromatic N) is 1. The summed E-state index contributed by atoms with van der Waals surface area (Å²) in [6.45, 7) is 6.54. The van der Waals surface area contributed by atoms with Gasteiger partial charge < -0.3 is 15.0 Å². The van der Waals surface area contributed by atoms with E-state index in [1.165, 1.54) is 0 Å². The second-order valence-corrected chi connectivity index (χ2v) is 6.78. The number of hydrogen-bond donors (Lipinski definition) is 1. The first kappa shape index (κ1) is 19.0. The van der Waals surface area contributed by atoms with Gasteiger partial charge in [-0.25, -0.2) is 0 Å². The molecule has 1 aliphatic heterocycles. The van der Waals surface area contributed by atoms with Crippen LogP contribution in [-0.4, -0.2) is 42.4 Å². The van der Waals surface area contributed by atoms with Gasteiger partial charge in [0.05, 0.1) is 5.92 Å². The van der Waals surface area contributed by atoms with Crippen molar-refractivity contribution in [2.45, 2.75) is 33.6 Å². The van der Waals surface area contributed by atoms with Crippen molar-refractivity contribution < 1.29 is 19.1 Å². The first-order valence-electron chi connectivity index (χ1n) is 8.68. The zero-order chi connectivity index (χ0) is 18.4. The molecule has 0 unspecified atom stereocenters. The largest absolute Gasteiger partial charge is 0.455 e. The van der Waals surface area contributed by atoms with Crippen LogP contribution in [0, 0.1) is 18.8 Å². The molecule has 0 bridgehead atoms. The van der Waals surface area contributed by atoms with E-state index in [1.807, 2.05) is 32.9 Å². The van der Waals surface area contributed by atoms with E-state index in [0.29, 0.717) is 31.6 Å². The molecule has 2 rings (SSSR count). The van der Waals surface area contributed by atoms with Gasteiger partial charge in [0.2, 0.25) is 5.91 Å². The number of rotatable bonds is 5. The number of esters is 1. The number of anilines is 1. The van der Waals surface area contributed by atoms with Crippen LogP contribution in [0.25, 0.3) is 0 Å². The van der Waals surface area contributed by atoms with Crippen LogP contribution in [0.1, 0.15) is 32.3 Å². The molecule has 1 aromatic rings. The first-order chi connectivity index (χ1) is 11.9. The molecule has 1 heterocycles. The van der Waals surface area contributed by atoms with E-state index in [9.17, 15) is 14.4 Å². The van der Waals surface area contributed by atoms with Crippen LogP contribution < -0.4 is 5.32 Å². The third-order valence-electron chi connectivity index (χ3n) is 4.31. The average molecular weight is 346 g/mol. The number of aryl methyl sites for hydroxylation is 1. The third-order valence-corrected chi connectivity index (χ3v) is 4.31. The van der Waals surface area contributed by atoms with Crippen molar-refractivity contribution >= 4 is 23.5 Å². The van der Waals surface area contributed by atoms with Gasteiger partial charge in [-0.05, 0) is 31.9 Å². The lowest BCUT2D eigenvalue weighted by Crippen LogP contribution is -2.42. The summed E-state index contributed by atoms with van der Waals surface area (Å²) >= 11 is 0. The lowest BCUT2D eigenvalue weighted by Gasteiger charge is -2.32. The van der Waals surface area contributed by atoms with Gasteiger partial charge in [0, 0.05) is 24.7 Å². The summed E-state index contributed by atoms with van der Waals surface area (Å²) in [6.07, 6.45) is 1.16.